The summed E-state index contributed by atoms with van der Waals surface area (Å²) in [5.41, 5.74) is 7.63. The van der Waals surface area contributed by atoms with E-state index in [2.05, 4.69) is 15.9 Å². The van der Waals surface area contributed by atoms with Gasteiger partial charge in [0, 0.05) is 22.6 Å². The Morgan fingerprint density at radius 3 is 2.35 bits per heavy atom. The second-order valence-corrected chi connectivity index (χ2v) is 6.19. The molecule has 6 heteroatoms. The monoisotopic (exact) mass is 393 g/mol. The molecule has 0 aromatic heterocycles. The molecule has 0 fully saturated rings. The Morgan fingerprint density at radius 2 is 1.70 bits per heavy atom. The summed E-state index contributed by atoms with van der Waals surface area (Å²) in [5.74, 6) is 0.496. The maximum atomic E-state index is 6.06. The van der Waals surface area contributed by atoms with Crippen molar-refractivity contribution in [2.24, 2.45) is 5.73 Å². The van der Waals surface area contributed by atoms with Crippen molar-refractivity contribution in [1.82, 2.24) is 0 Å². The molecule has 2 nitrogen and oxygen atoms in total. The van der Waals surface area contributed by atoms with E-state index in [-0.39, 0.29) is 0 Å². The van der Waals surface area contributed by atoms with Gasteiger partial charge in [0.1, 0.15) is 12.4 Å². The summed E-state index contributed by atoms with van der Waals surface area (Å²) in [6.07, 6.45) is 0. The van der Waals surface area contributed by atoms with Gasteiger partial charge in [-0.2, -0.15) is 0 Å². The first-order chi connectivity index (χ1) is 9.51. The number of halogens is 4. The van der Waals surface area contributed by atoms with Crippen LogP contribution >= 0.6 is 50.7 Å². The largest absolute Gasteiger partial charge is 0.487 e. The van der Waals surface area contributed by atoms with Crippen LogP contribution in [0.4, 0.5) is 0 Å². The molecule has 0 spiro atoms. The van der Waals surface area contributed by atoms with Gasteiger partial charge in [-0.1, -0.05) is 62.9 Å². The minimum absolute atomic E-state index is 0.364. The van der Waals surface area contributed by atoms with Crippen LogP contribution in [0.2, 0.25) is 15.1 Å². The van der Waals surface area contributed by atoms with Gasteiger partial charge in [-0.3, -0.25) is 0 Å². The molecule has 0 aliphatic rings. The van der Waals surface area contributed by atoms with Crippen molar-refractivity contribution in [2.45, 2.75) is 13.2 Å². The van der Waals surface area contributed by atoms with Gasteiger partial charge >= 0.3 is 0 Å². The molecule has 0 unspecified atom stereocenters. The summed E-state index contributed by atoms with van der Waals surface area (Å²) < 4.78 is 6.62. The van der Waals surface area contributed by atoms with E-state index in [1.54, 1.807) is 12.1 Å². The summed E-state index contributed by atoms with van der Waals surface area (Å²) in [6.45, 7) is 0.863. The zero-order valence-electron chi connectivity index (χ0n) is 10.3. The number of ether oxygens (including phenoxy) is 1. The van der Waals surface area contributed by atoms with Crippen molar-refractivity contribution in [3.05, 3.63) is 61.0 Å². The minimum atomic E-state index is 0.364. The number of benzene rings is 2. The topological polar surface area (TPSA) is 35.2 Å². The second kappa shape index (κ2) is 7.01. The highest BCUT2D eigenvalue weighted by molar-refractivity contribution is 9.10. The van der Waals surface area contributed by atoms with E-state index in [1.165, 1.54) is 0 Å². The summed E-state index contributed by atoms with van der Waals surface area (Å²) in [5, 5.41) is 1.23. The van der Waals surface area contributed by atoms with Crippen LogP contribution < -0.4 is 10.5 Å². The van der Waals surface area contributed by atoms with Crippen LogP contribution in [-0.4, -0.2) is 0 Å². The summed E-state index contributed by atoms with van der Waals surface area (Å²) >= 11 is 21.4. The van der Waals surface area contributed by atoms with Gasteiger partial charge in [-0.05, 0) is 17.7 Å². The molecule has 0 aliphatic carbocycles. The van der Waals surface area contributed by atoms with Crippen molar-refractivity contribution in [3.63, 3.8) is 0 Å². The van der Waals surface area contributed by atoms with Crippen molar-refractivity contribution in [3.8, 4) is 5.75 Å². The van der Waals surface area contributed by atoms with E-state index < -0.39 is 0 Å². The van der Waals surface area contributed by atoms with E-state index in [0.29, 0.717) is 34.0 Å². The molecule has 0 amide bonds. The molecule has 0 bridgehead atoms. The van der Waals surface area contributed by atoms with Crippen LogP contribution in [0.15, 0.2) is 34.8 Å². The first kappa shape index (κ1) is 15.9. The van der Waals surface area contributed by atoms with Gasteiger partial charge in [0.2, 0.25) is 0 Å². The van der Waals surface area contributed by atoms with Crippen molar-refractivity contribution in [1.29, 1.82) is 0 Å². The molecule has 20 heavy (non-hydrogen) atoms. The van der Waals surface area contributed by atoms with Gasteiger partial charge < -0.3 is 10.5 Å². The number of nitrogens with two attached hydrogens (primary N) is 1. The van der Waals surface area contributed by atoms with Crippen LogP contribution in [0.5, 0.6) is 5.75 Å². The fraction of sp³-hybridized carbons (Fsp3) is 0.143. The second-order valence-electron chi connectivity index (χ2n) is 4.12. The lowest BCUT2D eigenvalue weighted by Gasteiger charge is -2.11. The summed E-state index contributed by atoms with van der Waals surface area (Å²) in [6, 6.07) is 9.05. The van der Waals surface area contributed by atoms with Crippen LogP contribution in [0.3, 0.4) is 0 Å². The van der Waals surface area contributed by atoms with E-state index in [0.717, 1.165) is 15.6 Å². The fourth-order valence-electron chi connectivity index (χ4n) is 1.61. The Bertz CT molecular complexity index is 634. The van der Waals surface area contributed by atoms with E-state index in [9.17, 15) is 0 Å². The average Bonchev–Trinajstić information content (AvgIpc) is 2.42. The number of rotatable bonds is 4. The third kappa shape index (κ3) is 3.80. The van der Waals surface area contributed by atoms with Gasteiger partial charge in [0.05, 0.1) is 15.1 Å². The van der Waals surface area contributed by atoms with Crippen molar-refractivity contribution < 1.29 is 4.74 Å². The highest BCUT2D eigenvalue weighted by atomic mass is 79.9. The third-order valence-corrected chi connectivity index (χ3v) is 4.47. The molecule has 2 aromatic carbocycles. The fourth-order valence-corrected chi connectivity index (χ4v) is 2.74. The molecular weight excluding hydrogens is 384 g/mol. The predicted octanol–water partition coefficient (Wildman–Crippen LogP) is 5.45. The normalized spacial score (nSPS) is 10.7. The Morgan fingerprint density at radius 1 is 1.00 bits per heavy atom. The standard InChI is InChI=1S/C14H11BrCl3NO/c15-10-3-8(6-19)1-2-9(10)7-20-14-5-12(17)11(16)4-13(14)18/h1-5H,6-7,19H2. The van der Waals surface area contributed by atoms with Crippen LogP contribution in [-0.2, 0) is 13.2 Å². The van der Waals surface area contributed by atoms with E-state index in [1.807, 2.05) is 18.2 Å². The van der Waals surface area contributed by atoms with Crippen molar-refractivity contribution in [2.75, 3.05) is 0 Å². The first-order valence-corrected chi connectivity index (χ1v) is 7.68. The zero-order valence-corrected chi connectivity index (χ0v) is 14.2. The molecule has 0 atom stereocenters. The lowest BCUT2D eigenvalue weighted by atomic mass is 10.1. The molecule has 2 rings (SSSR count). The average molecular weight is 396 g/mol. The lowest BCUT2D eigenvalue weighted by molar-refractivity contribution is 0.305. The molecule has 0 aliphatic heterocycles. The lowest BCUT2D eigenvalue weighted by Crippen LogP contribution is -2.00. The smallest absolute Gasteiger partial charge is 0.139 e. The highest BCUT2D eigenvalue weighted by Crippen LogP contribution is 2.34. The Labute approximate surface area is 140 Å². The van der Waals surface area contributed by atoms with E-state index in [4.69, 9.17) is 45.3 Å². The Hall–Kier alpha value is -0.450. The molecular formula is C14H11BrCl3NO. The quantitative estimate of drug-likeness (QED) is 0.699. The van der Waals surface area contributed by atoms with Crippen LogP contribution in [0.25, 0.3) is 0 Å². The molecule has 0 saturated heterocycles. The molecule has 2 N–H and O–H groups in total. The maximum absolute atomic E-state index is 6.06. The van der Waals surface area contributed by atoms with Crippen LogP contribution in [0, 0.1) is 0 Å². The summed E-state index contributed by atoms with van der Waals surface area (Å²) in [7, 11) is 0. The highest BCUT2D eigenvalue weighted by Gasteiger charge is 2.08. The minimum Gasteiger partial charge on any atom is -0.487 e. The zero-order chi connectivity index (χ0) is 14.7. The summed E-state index contributed by atoms with van der Waals surface area (Å²) in [4.78, 5) is 0. The third-order valence-electron chi connectivity index (χ3n) is 2.71. The SMILES string of the molecule is NCc1ccc(COc2cc(Cl)c(Cl)cc2Cl)c(Br)c1. The van der Waals surface area contributed by atoms with Crippen LogP contribution in [0.1, 0.15) is 11.1 Å². The molecule has 106 valence electrons. The first-order valence-electron chi connectivity index (χ1n) is 5.76. The number of hydrogen-bond donors (Lipinski definition) is 1. The molecule has 0 heterocycles. The van der Waals surface area contributed by atoms with E-state index >= 15 is 0 Å². The van der Waals surface area contributed by atoms with Gasteiger partial charge in [-0.15, -0.1) is 0 Å². The molecule has 0 saturated carbocycles. The predicted molar refractivity (Wildman–Crippen MR) is 87.8 cm³/mol. The maximum Gasteiger partial charge on any atom is 0.139 e. The number of hydrogen-bond acceptors (Lipinski definition) is 2. The molecule has 0 radical (unpaired) electrons. The Balaban J connectivity index is 2.15. The molecule has 2 aromatic rings. The van der Waals surface area contributed by atoms with Gasteiger partial charge in [0.25, 0.3) is 0 Å². The van der Waals surface area contributed by atoms with Crippen molar-refractivity contribution >= 4 is 50.7 Å². The Kier molecular flexibility index (Phi) is 5.58. The van der Waals surface area contributed by atoms with Gasteiger partial charge in [-0.25, -0.2) is 0 Å². The van der Waals surface area contributed by atoms with Gasteiger partial charge in [0.15, 0.2) is 0 Å².